The van der Waals surface area contributed by atoms with Gasteiger partial charge in [0.25, 0.3) is 0 Å². The molecule has 0 amide bonds. The summed E-state index contributed by atoms with van der Waals surface area (Å²) in [6, 6.07) is 0.683. The lowest BCUT2D eigenvalue weighted by Crippen LogP contribution is -2.38. The number of rotatable bonds is 1. The summed E-state index contributed by atoms with van der Waals surface area (Å²) in [6.07, 6.45) is 6.57. The van der Waals surface area contributed by atoms with Crippen LogP contribution >= 0.6 is 11.8 Å². The van der Waals surface area contributed by atoms with Crippen LogP contribution in [0.4, 0.5) is 0 Å². The normalized spacial score (nSPS) is 27.2. The molecule has 3 heteroatoms. The van der Waals surface area contributed by atoms with E-state index in [0.29, 0.717) is 11.5 Å². The van der Waals surface area contributed by atoms with Gasteiger partial charge in [0.15, 0.2) is 5.17 Å². The lowest BCUT2D eigenvalue weighted by atomic mass is 9.76. The highest BCUT2D eigenvalue weighted by Gasteiger charge is 2.27. The molecule has 0 unspecified atom stereocenters. The first-order valence-corrected chi connectivity index (χ1v) is 7.08. The summed E-state index contributed by atoms with van der Waals surface area (Å²) in [4.78, 5) is 4.53. The molecule has 0 radical (unpaired) electrons. The monoisotopic (exact) mass is 226 g/mol. The van der Waals surface area contributed by atoms with Gasteiger partial charge >= 0.3 is 0 Å². The molecular weight excluding hydrogens is 204 g/mol. The number of thioether (sulfide) groups is 1. The Bertz CT molecular complexity index is 238. The Morgan fingerprint density at radius 1 is 1.33 bits per heavy atom. The molecule has 2 nitrogen and oxygen atoms in total. The first kappa shape index (κ1) is 11.3. The molecule has 0 spiro atoms. The zero-order valence-corrected chi connectivity index (χ0v) is 10.7. The smallest absolute Gasteiger partial charge is 0.156 e. The molecule has 0 aromatic carbocycles. The van der Waals surface area contributed by atoms with E-state index in [-0.39, 0.29) is 0 Å². The van der Waals surface area contributed by atoms with Gasteiger partial charge < -0.3 is 5.32 Å². The van der Waals surface area contributed by atoms with Crippen molar-refractivity contribution in [3.8, 4) is 0 Å². The first-order valence-electron chi connectivity index (χ1n) is 6.09. The van der Waals surface area contributed by atoms with Crippen molar-refractivity contribution in [1.29, 1.82) is 0 Å². The Morgan fingerprint density at radius 3 is 2.67 bits per heavy atom. The predicted molar refractivity (Wildman–Crippen MR) is 68.5 cm³/mol. The van der Waals surface area contributed by atoms with Gasteiger partial charge in [-0.25, -0.2) is 0 Å². The van der Waals surface area contributed by atoms with E-state index in [1.54, 1.807) is 0 Å². The molecule has 0 aromatic heterocycles. The summed E-state index contributed by atoms with van der Waals surface area (Å²) < 4.78 is 0. The Morgan fingerprint density at radius 2 is 2.07 bits per heavy atom. The quantitative estimate of drug-likeness (QED) is 0.743. The van der Waals surface area contributed by atoms with Gasteiger partial charge in [-0.05, 0) is 37.5 Å². The molecule has 1 N–H and O–H groups in total. The molecule has 2 aliphatic rings. The predicted octanol–water partition coefficient (Wildman–Crippen LogP) is 3.04. The van der Waals surface area contributed by atoms with E-state index < -0.39 is 0 Å². The Labute approximate surface area is 97.3 Å². The van der Waals surface area contributed by atoms with Crippen molar-refractivity contribution in [1.82, 2.24) is 5.32 Å². The number of aliphatic imine (C=N–C) groups is 1. The van der Waals surface area contributed by atoms with Crippen LogP contribution in [0, 0.1) is 5.41 Å². The van der Waals surface area contributed by atoms with E-state index >= 15 is 0 Å². The van der Waals surface area contributed by atoms with E-state index in [4.69, 9.17) is 0 Å². The summed E-state index contributed by atoms with van der Waals surface area (Å²) in [5, 5.41) is 4.81. The second-order valence-electron chi connectivity index (χ2n) is 5.47. The van der Waals surface area contributed by atoms with Crippen LogP contribution in [0.15, 0.2) is 4.99 Å². The van der Waals surface area contributed by atoms with E-state index in [9.17, 15) is 0 Å². The molecule has 0 bridgehead atoms. The summed E-state index contributed by atoms with van der Waals surface area (Å²) >= 11 is 1.90. The van der Waals surface area contributed by atoms with Gasteiger partial charge in [-0.15, -0.1) is 0 Å². The minimum Gasteiger partial charge on any atom is -0.362 e. The van der Waals surface area contributed by atoms with E-state index in [2.05, 4.69) is 24.2 Å². The van der Waals surface area contributed by atoms with E-state index in [0.717, 1.165) is 6.54 Å². The third-order valence-electron chi connectivity index (χ3n) is 3.46. The lowest BCUT2D eigenvalue weighted by molar-refractivity contribution is 0.217. The van der Waals surface area contributed by atoms with E-state index in [1.807, 2.05) is 11.8 Å². The van der Waals surface area contributed by atoms with Crippen molar-refractivity contribution in [2.45, 2.75) is 52.0 Å². The maximum absolute atomic E-state index is 4.53. The Kier molecular flexibility index (Phi) is 3.60. The standard InChI is InChI=1S/C12H22N2S/c1-12(2)6-4-10(5-7-12)14-11-13-8-3-9-15-11/h10H,3-9H2,1-2H3,(H,13,14). The van der Waals surface area contributed by atoms with Crippen molar-refractivity contribution in [2.75, 3.05) is 12.3 Å². The molecule has 86 valence electrons. The van der Waals surface area contributed by atoms with Crippen molar-refractivity contribution in [3.05, 3.63) is 0 Å². The molecule has 0 saturated heterocycles. The van der Waals surface area contributed by atoms with Crippen LogP contribution in [0.5, 0.6) is 0 Å². The fourth-order valence-corrected chi connectivity index (χ4v) is 3.16. The van der Waals surface area contributed by atoms with Crippen LogP contribution < -0.4 is 5.32 Å². The second-order valence-corrected chi connectivity index (χ2v) is 6.56. The molecule has 15 heavy (non-hydrogen) atoms. The molecule has 1 fully saturated rings. The SMILES string of the molecule is CC1(C)CCC(NC2=NCCCS2)CC1. The van der Waals surface area contributed by atoms with Gasteiger partial charge in [0.1, 0.15) is 0 Å². The van der Waals surface area contributed by atoms with Gasteiger partial charge in [-0.1, -0.05) is 25.6 Å². The number of nitrogens with one attached hydrogen (secondary N) is 1. The van der Waals surface area contributed by atoms with Crippen molar-refractivity contribution in [3.63, 3.8) is 0 Å². The Balaban J connectivity index is 1.79. The maximum Gasteiger partial charge on any atom is 0.156 e. The number of hydrogen-bond acceptors (Lipinski definition) is 3. The third kappa shape index (κ3) is 3.40. The number of amidine groups is 1. The number of hydrogen-bond donors (Lipinski definition) is 1. The lowest BCUT2D eigenvalue weighted by Gasteiger charge is -2.35. The van der Waals surface area contributed by atoms with Crippen LogP contribution in [-0.2, 0) is 0 Å². The molecule has 2 rings (SSSR count). The zero-order valence-electron chi connectivity index (χ0n) is 9.88. The summed E-state index contributed by atoms with van der Waals surface area (Å²) in [6.45, 7) is 5.79. The summed E-state index contributed by atoms with van der Waals surface area (Å²) in [5.74, 6) is 1.24. The fourth-order valence-electron chi connectivity index (χ4n) is 2.27. The average Bonchev–Trinajstić information content (AvgIpc) is 2.23. The van der Waals surface area contributed by atoms with Crippen LogP contribution in [0.2, 0.25) is 0 Å². The van der Waals surface area contributed by atoms with Crippen LogP contribution in [0.25, 0.3) is 0 Å². The molecule has 0 aromatic rings. The third-order valence-corrected chi connectivity index (χ3v) is 4.48. The Hall–Kier alpha value is -0.180. The van der Waals surface area contributed by atoms with Gasteiger partial charge in [0.2, 0.25) is 0 Å². The second kappa shape index (κ2) is 4.77. The minimum absolute atomic E-state index is 0.569. The van der Waals surface area contributed by atoms with Gasteiger partial charge in [-0.2, -0.15) is 0 Å². The van der Waals surface area contributed by atoms with Gasteiger partial charge in [0, 0.05) is 18.3 Å². The van der Waals surface area contributed by atoms with Crippen molar-refractivity contribution >= 4 is 16.9 Å². The van der Waals surface area contributed by atoms with Crippen LogP contribution in [0.3, 0.4) is 0 Å². The fraction of sp³-hybridized carbons (Fsp3) is 0.917. The molecular formula is C12H22N2S. The zero-order chi connectivity index (χ0) is 10.7. The first-order chi connectivity index (χ1) is 7.16. The highest BCUT2D eigenvalue weighted by atomic mass is 32.2. The molecule has 1 saturated carbocycles. The molecule has 1 aliphatic carbocycles. The van der Waals surface area contributed by atoms with Crippen molar-refractivity contribution < 1.29 is 0 Å². The van der Waals surface area contributed by atoms with Crippen LogP contribution in [-0.4, -0.2) is 23.5 Å². The highest BCUT2D eigenvalue weighted by Crippen LogP contribution is 2.35. The van der Waals surface area contributed by atoms with Crippen molar-refractivity contribution in [2.24, 2.45) is 10.4 Å². The van der Waals surface area contributed by atoms with Gasteiger partial charge in [0.05, 0.1) is 0 Å². The topological polar surface area (TPSA) is 24.4 Å². The highest BCUT2D eigenvalue weighted by molar-refractivity contribution is 8.13. The molecule has 0 atom stereocenters. The van der Waals surface area contributed by atoms with Crippen LogP contribution in [0.1, 0.15) is 46.0 Å². The molecule has 1 heterocycles. The maximum atomic E-state index is 4.53. The number of nitrogens with zero attached hydrogens (tertiary/aromatic N) is 1. The summed E-state index contributed by atoms with van der Waals surface area (Å²) in [7, 11) is 0. The summed E-state index contributed by atoms with van der Waals surface area (Å²) in [5.41, 5.74) is 0.569. The van der Waals surface area contributed by atoms with Gasteiger partial charge in [-0.3, -0.25) is 4.99 Å². The average molecular weight is 226 g/mol. The molecule has 1 aliphatic heterocycles. The largest absolute Gasteiger partial charge is 0.362 e. The van der Waals surface area contributed by atoms with E-state index in [1.165, 1.54) is 43.0 Å². The minimum atomic E-state index is 0.569.